The number of hydrogen-bond acceptors (Lipinski definition) is 6. The Balaban J connectivity index is 2.39. The van der Waals surface area contributed by atoms with Crippen LogP contribution in [0.15, 0.2) is 12.3 Å². The molecule has 0 aromatic carbocycles. The third-order valence-electron chi connectivity index (χ3n) is 3.85. The van der Waals surface area contributed by atoms with Gasteiger partial charge in [0, 0.05) is 12.7 Å². The number of nitrogens with zero attached hydrogens (tertiary/aromatic N) is 3. The van der Waals surface area contributed by atoms with E-state index >= 15 is 0 Å². The molecule has 0 radical (unpaired) electrons. The molecule has 1 fully saturated rings. The monoisotopic (exact) mass is 381 g/mol. The normalized spacial score (nSPS) is 20.4. The van der Waals surface area contributed by atoms with Crippen molar-refractivity contribution in [1.29, 1.82) is 0 Å². The number of hydrogen-bond donors (Lipinski definition) is 1. The fourth-order valence-electron chi connectivity index (χ4n) is 2.95. The van der Waals surface area contributed by atoms with Gasteiger partial charge in [-0.1, -0.05) is 0 Å². The van der Waals surface area contributed by atoms with Crippen molar-refractivity contribution >= 4 is 18.0 Å². The molecule has 9 nitrogen and oxygen atoms in total. The van der Waals surface area contributed by atoms with E-state index in [1.54, 1.807) is 41.5 Å². The van der Waals surface area contributed by atoms with Gasteiger partial charge in [-0.3, -0.25) is 9.58 Å². The van der Waals surface area contributed by atoms with Crippen LogP contribution in [-0.4, -0.2) is 61.6 Å². The molecule has 0 saturated carbocycles. The Bertz CT molecular complexity index is 728. The van der Waals surface area contributed by atoms with Gasteiger partial charge in [-0.25, -0.2) is 14.4 Å². The molecule has 1 saturated heterocycles. The van der Waals surface area contributed by atoms with Crippen molar-refractivity contribution in [2.45, 2.75) is 71.2 Å². The predicted molar refractivity (Wildman–Crippen MR) is 95.4 cm³/mol. The number of aromatic carboxylic acids is 1. The highest BCUT2D eigenvalue weighted by Crippen LogP contribution is 2.32. The minimum Gasteiger partial charge on any atom is -0.477 e. The van der Waals surface area contributed by atoms with Crippen LogP contribution in [0.2, 0.25) is 0 Å². The molecule has 0 aliphatic carbocycles. The fraction of sp³-hybridized carbons (Fsp3) is 0.667. The summed E-state index contributed by atoms with van der Waals surface area (Å²) < 4.78 is 12.2. The van der Waals surface area contributed by atoms with E-state index in [0.29, 0.717) is 6.42 Å². The van der Waals surface area contributed by atoms with E-state index in [9.17, 15) is 19.5 Å². The number of esters is 1. The molecule has 0 bridgehead atoms. The Labute approximate surface area is 158 Å². The van der Waals surface area contributed by atoms with E-state index in [1.807, 2.05) is 0 Å². The lowest BCUT2D eigenvalue weighted by atomic mass is 10.1. The predicted octanol–water partition coefficient (Wildman–Crippen LogP) is 2.47. The summed E-state index contributed by atoms with van der Waals surface area (Å²) in [4.78, 5) is 38.2. The molecule has 1 aromatic rings. The maximum atomic E-state index is 12.9. The van der Waals surface area contributed by atoms with Crippen LogP contribution < -0.4 is 0 Å². The summed E-state index contributed by atoms with van der Waals surface area (Å²) >= 11 is 0. The van der Waals surface area contributed by atoms with Gasteiger partial charge in [0.1, 0.15) is 16.9 Å². The van der Waals surface area contributed by atoms with Crippen molar-refractivity contribution in [3.63, 3.8) is 0 Å². The van der Waals surface area contributed by atoms with E-state index in [4.69, 9.17) is 9.47 Å². The standard InChI is InChI=1S/C18H27N3O6/c1-17(2,3)26-15(24)13-11(21-12(14(22)23)7-9-19-21)8-10-20(13)16(25)27-18(4,5)6/h7,9,11,13H,8,10H2,1-6H3,(H,22,23)/t11?,13-/m1/s1. The summed E-state index contributed by atoms with van der Waals surface area (Å²) in [6.45, 7) is 10.6. The number of ether oxygens (including phenoxy) is 2. The third kappa shape index (κ3) is 4.99. The average Bonchev–Trinajstić information content (AvgIpc) is 3.09. The Kier molecular flexibility index (Phi) is 5.53. The van der Waals surface area contributed by atoms with Crippen molar-refractivity contribution in [1.82, 2.24) is 14.7 Å². The van der Waals surface area contributed by atoms with Crippen LogP contribution in [0.4, 0.5) is 4.79 Å². The number of rotatable bonds is 3. The minimum atomic E-state index is -1.16. The van der Waals surface area contributed by atoms with Gasteiger partial charge in [-0.05, 0) is 54.0 Å². The van der Waals surface area contributed by atoms with E-state index < -0.39 is 41.3 Å². The van der Waals surface area contributed by atoms with Crippen LogP contribution >= 0.6 is 0 Å². The summed E-state index contributed by atoms with van der Waals surface area (Å²) in [6.07, 6.45) is 1.06. The van der Waals surface area contributed by atoms with Crippen molar-refractivity contribution in [3.05, 3.63) is 18.0 Å². The number of carbonyl (C=O) groups excluding carboxylic acids is 2. The molecule has 1 aliphatic heterocycles. The Morgan fingerprint density at radius 2 is 1.70 bits per heavy atom. The highest BCUT2D eigenvalue weighted by Gasteiger charge is 2.47. The van der Waals surface area contributed by atoms with Gasteiger partial charge in [0.25, 0.3) is 0 Å². The summed E-state index contributed by atoms with van der Waals surface area (Å²) in [5.41, 5.74) is -1.55. The molecular weight excluding hydrogens is 354 g/mol. The molecule has 0 spiro atoms. The Hall–Kier alpha value is -2.58. The van der Waals surface area contributed by atoms with Crippen LogP contribution in [0, 0.1) is 0 Å². The molecule has 1 aromatic heterocycles. The topological polar surface area (TPSA) is 111 Å². The molecule has 1 N–H and O–H groups in total. The van der Waals surface area contributed by atoms with Crippen molar-refractivity contribution in [2.75, 3.05) is 6.54 Å². The zero-order valence-corrected chi connectivity index (χ0v) is 16.6. The molecule has 2 heterocycles. The summed E-state index contributed by atoms with van der Waals surface area (Å²) in [5.74, 6) is -1.78. The van der Waals surface area contributed by atoms with Gasteiger partial charge in [-0.15, -0.1) is 0 Å². The van der Waals surface area contributed by atoms with Crippen LogP contribution in [0.1, 0.15) is 64.5 Å². The number of carboxylic acids is 1. The SMILES string of the molecule is CC(C)(C)OC(=O)[C@H]1C(n2nccc2C(=O)O)CCN1C(=O)OC(C)(C)C. The molecule has 1 aliphatic rings. The van der Waals surface area contributed by atoms with Gasteiger partial charge in [0.15, 0.2) is 6.04 Å². The van der Waals surface area contributed by atoms with Crippen LogP contribution in [0.25, 0.3) is 0 Å². The maximum absolute atomic E-state index is 12.9. The first-order chi connectivity index (χ1) is 12.3. The highest BCUT2D eigenvalue weighted by atomic mass is 16.6. The van der Waals surface area contributed by atoms with Crippen molar-refractivity contribution < 1.29 is 29.0 Å². The molecule has 1 amide bonds. The Morgan fingerprint density at radius 1 is 1.11 bits per heavy atom. The van der Waals surface area contributed by atoms with Crippen LogP contribution in [-0.2, 0) is 14.3 Å². The smallest absolute Gasteiger partial charge is 0.411 e. The molecule has 1 unspecified atom stereocenters. The fourth-order valence-corrected chi connectivity index (χ4v) is 2.95. The average molecular weight is 381 g/mol. The van der Waals surface area contributed by atoms with Gasteiger partial charge in [0.05, 0.1) is 6.04 Å². The highest BCUT2D eigenvalue weighted by molar-refractivity contribution is 5.86. The molecule has 27 heavy (non-hydrogen) atoms. The lowest BCUT2D eigenvalue weighted by Crippen LogP contribution is -2.48. The van der Waals surface area contributed by atoms with Crippen molar-refractivity contribution in [2.24, 2.45) is 0 Å². The number of carboxylic acid groups (broad SMARTS) is 1. The number of carbonyl (C=O) groups is 3. The van der Waals surface area contributed by atoms with Gasteiger partial charge in [0.2, 0.25) is 0 Å². The summed E-state index contributed by atoms with van der Waals surface area (Å²) in [5, 5.41) is 13.4. The minimum absolute atomic E-state index is 0.0559. The second kappa shape index (κ2) is 7.21. The lowest BCUT2D eigenvalue weighted by molar-refractivity contribution is -0.161. The maximum Gasteiger partial charge on any atom is 0.411 e. The van der Waals surface area contributed by atoms with E-state index in [-0.39, 0.29) is 12.2 Å². The lowest BCUT2D eigenvalue weighted by Gasteiger charge is -2.31. The second-order valence-corrected chi connectivity index (χ2v) is 8.47. The quantitative estimate of drug-likeness (QED) is 0.801. The van der Waals surface area contributed by atoms with E-state index in [1.165, 1.54) is 21.8 Å². The zero-order chi connectivity index (χ0) is 20.6. The second-order valence-electron chi connectivity index (χ2n) is 8.47. The molecular formula is C18H27N3O6. The first-order valence-electron chi connectivity index (χ1n) is 8.79. The first-order valence-corrected chi connectivity index (χ1v) is 8.79. The molecule has 9 heteroatoms. The van der Waals surface area contributed by atoms with Gasteiger partial charge < -0.3 is 14.6 Å². The largest absolute Gasteiger partial charge is 0.477 e. The molecule has 2 rings (SSSR count). The van der Waals surface area contributed by atoms with Crippen LogP contribution in [0.5, 0.6) is 0 Å². The summed E-state index contributed by atoms with van der Waals surface area (Å²) in [7, 11) is 0. The van der Waals surface area contributed by atoms with Gasteiger partial charge >= 0.3 is 18.0 Å². The van der Waals surface area contributed by atoms with E-state index in [0.717, 1.165) is 0 Å². The summed E-state index contributed by atoms with van der Waals surface area (Å²) in [6, 6.07) is -0.338. The van der Waals surface area contributed by atoms with Crippen LogP contribution in [0.3, 0.4) is 0 Å². The number of amides is 1. The van der Waals surface area contributed by atoms with E-state index in [2.05, 4.69) is 5.10 Å². The van der Waals surface area contributed by atoms with Crippen molar-refractivity contribution in [3.8, 4) is 0 Å². The first kappa shape index (κ1) is 20.7. The molecule has 150 valence electrons. The third-order valence-corrected chi connectivity index (χ3v) is 3.85. The molecule has 2 atom stereocenters. The number of likely N-dealkylation sites (tertiary alicyclic amines) is 1. The zero-order valence-electron chi connectivity index (χ0n) is 16.6. The Morgan fingerprint density at radius 3 is 2.22 bits per heavy atom. The van der Waals surface area contributed by atoms with Gasteiger partial charge in [-0.2, -0.15) is 5.10 Å². The number of aromatic nitrogens is 2.